The minimum absolute atomic E-state index is 0.0689. The van der Waals surface area contributed by atoms with Crippen LogP contribution in [0.5, 0.6) is 0 Å². The van der Waals surface area contributed by atoms with Crippen molar-refractivity contribution in [2.24, 2.45) is 11.8 Å². The summed E-state index contributed by atoms with van der Waals surface area (Å²) in [6.45, 7) is 1.69. The highest BCUT2D eigenvalue weighted by atomic mass is 35.5. The fraction of sp³-hybridized carbons (Fsp3) is 0.500. The summed E-state index contributed by atoms with van der Waals surface area (Å²) in [6, 6.07) is 4.89. The molecule has 3 unspecified atom stereocenters. The van der Waals surface area contributed by atoms with Gasteiger partial charge in [-0.15, -0.1) is 0 Å². The van der Waals surface area contributed by atoms with E-state index in [2.05, 4.69) is 5.32 Å². The maximum Gasteiger partial charge on any atom is 0.255 e. The first-order valence-electron chi connectivity index (χ1n) is 12.2. The molecule has 2 fully saturated rings. The lowest BCUT2D eigenvalue weighted by atomic mass is 9.71. The van der Waals surface area contributed by atoms with Gasteiger partial charge >= 0.3 is 0 Å². The van der Waals surface area contributed by atoms with Crippen LogP contribution in [0, 0.1) is 29.3 Å². The van der Waals surface area contributed by atoms with Crippen LogP contribution < -0.4 is 5.32 Å². The zero-order valence-electron chi connectivity index (χ0n) is 20.2. The zero-order chi connectivity index (χ0) is 27.1. The van der Waals surface area contributed by atoms with Gasteiger partial charge in [0.2, 0.25) is 0 Å². The molecule has 6 nitrogen and oxygen atoms in total. The van der Waals surface area contributed by atoms with Gasteiger partial charge in [0.05, 0.1) is 26.9 Å². The topological polar surface area (TPSA) is 104 Å². The second-order valence-electron chi connectivity index (χ2n) is 10.2. The average molecular weight is 560 g/mol. The number of nitrogens with one attached hydrogen (secondary N) is 1. The number of hydrogen-bond acceptors (Lipinski definition) is 5. The van der Waals surface area contributed by atoms with Gasteiger partial charge < -0.3 is 15.5 Å². The molecule has 2 bridgehead atoms. The Bertz CT molecular complexity index is 1270. The Kier molecular flexibility index (Phi) is 7.95. The molecule has 3 atom stereocenters. The van der Waals surface area contributed by atoms with Crippen LogP contribution in [-0.2, 0) is 9.84 Å². The standard InChI is InChI=1S/C26H29ClF3NO5S/c1-14(32)3-2-8-26(34)16-5-6-17(26)11-19(10-16)37(35,36)23-9-15(4-7-20(23)27)25(33)31-18-12-21(28)24(30)22(29)13-18/h4,7,9,12-14,16-17,19,32,34H,2-3,5-6,8,10-11H2,1H3,(H,31,33). The molecule has 2 aliphatic carbocycles. The monoisotopic (exact) mass is 559 g/mol. The van der Waals surface area contributed by atoms with E-state index in [4.69, 9.17) is 11.6 Å². The van der Waals surface area contributed by atoms with Gasteiger partial charge in [-0.25, -0.2) is 21.6 Å². The van der Waals surface area contributed by atoms with E-state index >= 15 is 0 Å². The Labute approximate surface area is 218 Å². The number of amides is 1. The molecule has 0 heterocycles. The van der Waals surface area contributed by atoms with Crippen molar-refractivity contribution in [2.75, 3.05) is 5.32 Å². The summed E-state index contributed by atoms with van der Waals surface area (Å²) in [6.07, 6.45) is 3.17. The van der Waals surface area contributed by atoms with Gasteiger partial charge in [0.15, 0.2) is 27.3 Å². The van der Waals surface area contributed by atoms with Crippen LogP contribution in [0.15, 0.2) is 35.2 Å². The van der Waals surface area contributed by atoms with Crippen molar-refractivity contribution in [1.82, 2.24) is 0 Å². The van der Waals surface area contributed by atoms with Crippen LogP contribution >= 0.6 is 11.6 Å². The van der Waals surface area contributed by atoms with Crippen LogP contribution in [0.2, 0.25) is 5.02 Å². The highest BCUT2D eigenvalue weighted by Crippen LogP contribution is 2.54. The summed E-state index contributed by atoms with van der Waals surface area (Å²) in [5.41, 5.74) is -1.41. The van der Waals surface area contributed by atoms with Gasteiger partial charge in [-0.1, -0.05) is 11.6 Å². The number of rotatable bonds is 8. The maximum absolute atomic E-state index is 13.6. The summed E-state index contributed by atoms with van der Waals surface area (Å²) in [7, 11) is -3.98. The van der Waals surface area contributed by atoms with Crippen LogP contribution in [0.4, 0.5) is 18.9 Å². The van der Waals surface area contributed by atoms with Crippen LogP contribution in [0.3, 0.4) is 0 Å². The summed E-state index contributed by atoms with van der Waals surface area (Å²) < 4.78 is 67.5. The average Bonchev–Trinajstić information content (AvgIpc) is 2.98. The Morgan fingerprint density at radius 1 is 1.14 bits per heavy atom. The minimum Gasteiger partial charge on any atom is -0.393 e. The van der Waals surface area contributed by atoms with E-state index in [0.29, 0.717) is 44.2 Å². The fourth-order valence-corrected chi connectivity index (χ4v) is 8.23. The second-order valence-corrected chi connectivity index (χ2v) is 12.8. The molecule has 0 aliphatic heterocycles. The molecule has 0 aromatic heterocycles. The lowest BCUT2D eigenvalue weighted by molar-refractivity contribution is -0.0675. The number of carbonyl (C=O) groups excluding carboxylic acids is 1. The first kappa shape index (κ1) is 27.9. The summed E-state index contributed by atoms with van der Waals surface area (Å²) in [4.78, 5) is 12.5. The quantitative estimate of drug-likeness (QED) is 0.383. The third kappa shape index (κ3) is 5.53. The van der Waals surface area contributed by atoms with E-state index in [1.54, 1.807) is 6.92 Å². The number of anilines is 1. The number of hydrogen-bond donors (Lipinski definition) is 3. The second kappa shape index (κ2) is 10.6. The van der Waals surface area contributed by atoms with Crippen molar-refractivity contribution >= 4 is 33.0 Å². The van der Waals surface area contributed by atoms with Crippen molar-refractivity contribution < 1.29 is 36.6 Å². The first-order chi connectivity index (χ1) is 17.3. The molecule has 202 valence electrons. The number of carbonyl (C=O) groups is 1. The normalized spacial score (nSPS) is 26.2. The molecule has 2 aromatic carbocycles. The van der Waals surface area contributed by atoms with Crippen molar-refractivity contribution in [3.63, 3.8) is 0 Å². The molecule has 2 saturated carbocycles. The molecular formula is C26H29ClF3NO5S. The minimum atomic E-state index is -3.98. The van der Waals surface area contributed by atoms with Gasteiger partial charge in [0.1, 0.15) is 0 Å². The number of aliphatic hydroxyl groups excluding tert-OH is 1. The molecule has 0 spiro atoms. The van der Waals surface area contributed by atoms with Crippen LogP contribution in [0.1, 0.15) is 62.2 Å². The third-order valence-corrected chi connectivity index (χ3v) is 10.4. The molecule has 37 heavy (non-hydrogen) atoms. The Hall–Kier alpha value is -2.14. The molecule has 11 heteroatoms. The Morgan fingerprint density at radius 3 is 2.30 bits per heavy atom. The van der Waals surface area contributed by atoms with E-state index in [9.17, 15) is 36.6 Å². The van der Waals surface area contributed by atoms with Crippen molar-refractivity contribution in [3.05, 3.63) is 58.4 Å². The zero-order valence-corrected chi connectivity index (χ0v) is 21.8. The molecule has 3 N–H and O–H groups in total. The SMILES string of the molecule is CC(O)CCCC1(O)C2CCC1CC(S(=O)(=O)c1cc(C(=O)Nc3cc(F)c(F)c(F)c3)ccc1Cl)C2. The predicted molar refractivity (Wildman–Crippen MR) is 133 cm³/mol. The Balaban J connectivity index is 1.53. The number of benzene rings is 2. The molecule has 2 aliphatic rings. The van der Waals surface area contributed by atoms with Gasteiger partial charge in [-0.05, 0) is 81.9 Å². The van der Waals surface area contributed by atoms with E-state index in [1.165, 1.54) is 12.1 Å². The number of halogens is 4. The molecular weight excluding hydrogens is 531 g/mol. The van der Waals surface area contributed by atoms with Crippen molar-refractivity contribution in [3.8, 4) is 0 Å². The lowest BCUT2D eigenvalue weighted by Gasteiger charge is -2.43. The van der Waals surface area contributed by atoms with Gasteiger partial charge in [-0.3, -0.25) is 4.79 Å². The maximum atomic E-state index is 13.6. The van der Waals surface area contributed by atoms with E-state index in [1.807, 2.05) is 0 Å². The van der Waals surface area contributed by atoms with Gasteiger partial charge in [0.25, 0.3) is 5.91 Å². The number of sulfone groups is 1. The summed E-state index contributed by atoms with van der Waals surface area (Å²) >= 11 is 6.24. The summed E-state index contributed by atoms with van der Waals surface area (Å²) in [5, 5.41) is 22.3. The smallest absolute Gasteiger partial charge is 0.255 e. The van der Waals surface area contributed by atoms with Gasteiger partial charge in [-0.2, -0.15) is 0 Å². The number of aliphatic hydroxyl groups is 2. The fourth-order valence-electron chi connectivity index (χ4n) is 5.83. The molecule has 4 rings (SSSR count). The van der Waals surface area contributed by atoms with E-state index in [0.717, 1.165) is 6.07 Å². The number of fused-ring (bicyclic) bond motifs is 2. The van der Waals surface area contributed by atoms with Crippen molar-refractivity contribution in [2.45, 2.75) is 73.7 Å². The Morgan fingerprint density at radius 2 is 1.73 bits per heavy atom. The highest BCUT2D eigenvalue weighted by molar-refractivity contribution is 7.92. The van der Waals surface area contributed by atoms with E-state index in [-0.39, 0.29) is 45.8 Å². The highest BCUT2D eigenvalue weighted by Gasteiger charge is 2.55. The van der Waals surface area contributed by atoms with Gasteiger partial charge in [0, 0.05) is 23.4 Å². The predicted octanol–water partition coefficient (Wildman–Crippen LogP) is 5.25. The first-order valence-corrected chi connectivity index (χ1v) is 14.1. The molecule has 1 amide bonds. The summed E-state index contributed by atoms with van der Waals surface area (Å²) in [5.74, 6) is -5.88. The molecule has 2 aromatic rings. The third-order valence-electron chi connectivity index (χ3n) is 7.75. The van der Waals surface area contributed by atoms with Crippen LogP contribution in [0.25, 0.3) is 0 Å². The lowest BCUT2D eigenvalue weighted by Crippen LogP contribution is -2.48. The van der Waals surface area contributed by atoms with Crippen LogP contribution in [-0.4, -0.2) is 41.5 Å². The van der Waals surface area contributed by atoms with Crippen molar-refractivity contribution in [1.29, 1.82) is 0 Å². The molecule has 0 radical (unpaired) electrons. The molecule has 0 saturated heterocycles. The largest absolute Gasteiger partial charge is 0.393 e. The van der Waals surface area contributed by atoms with E-state index < -0.39 is 50.2 Å².